The Kier molecular flexibility index (Phi) is 20.6. The number of hydrogen-bond acceptors (Lipinski definition) is 10. The molecule has 4 aromatic carbocycles. The molecule has 7 rings (SSSR count). The van der Waals surface area contributed by atoms with E-state index in [9.17, 15) is 27.6 Å². The van der Waals surface area contributed by atoms with E-state index in [1.807, 2.05) is 11.8 Å². The Morgan fingerprint density at radius 3 is 2.22 bits per heavy atom. The number of amides is 4. The topological polar surface area (TPSA) is 175 Å². The zero-order valence-electron chi connectivity index (χ0n) is 41.4. The Hall–Kier alpha value is -5.43. The number of ketones is 1. The predicted octanol–water partition coefficient (Wildman–Crippen LogP) is 9.35. The number of unbranched alkanes of at least 4 members (excludes halogenated alkanes) is 6. The molecule has 394 valence electrons. The number of thioether (sulfide) groups is 1. The number of likely N-dealkylation sites (tertiary alicyclic amines) is 1. The molecule has 4 N–H and O–H groups in total. The van der Waals surface area contributed by atoms with Crippen LogP contribution in [0.4, 0.5) is 19.3 Å². The number of urea groups is 1. The van der Waals surface area contributed by atoms with E-state index in [0.29, 0.717) is 54.3 Å². The Labute approximate surface area is 437 Å². The van der Waals surface area contributed by atoms with Crippen molar-refractivity contribution >= 4 is 62.7 Å². The second kappa shape index (κ2) is 27.2. The third-order valence-corrected chi connectivity index (χ3v) is 17.1. The number of halogens is 3. The first kappa shape index (κ1) is 55.3. The molecule has 0 aromatic heterocycles. The predicted molar refractivity (Wildman–Crippen MR) is 281 cm³/mol. The van der Waals surface area contributed by atoms with Crippen LogP contribution in [0.3, 0.4) is 0 Å². The zero-order valence-corrected chi connectivity index (χ0v) is 43.7. The van der Waals surface area contributed by atoms with E-state index in [4.69, 9.17) is 21.1 Å². The van der Waals surface area contributed by atoms with Gasteiger partial charge >= 0.3 is 6.03 Å². The molecule has 4 aromatic rings. The molecule has 0 radical (unpaired) electrons. The molecule has 3 aliphatic heterocycles. The van der Waals surface area contributed by atoms with Crippen LogP contribution in [0.15, 0.2) is 89.8 Å². The number of ether oxygens (including phenoxy) is 2. The van der Waals surface area contributed by atoms with Gasteiger partial charge in [0.05, 0.1) is 35.3 Å². The van der Waals surface area contributed by atoms with E-state index in [1.165, 1.54) is 31.2 Å². The lowest BCUT2D eigenvalue weighted by Crippen LogP contribution is -2.36. The molecule has 0 saturated carbocycles. The molecule has 4 amide bonds. The maximum Gasteiger partial charge on any atom is 0.315 e. The van der Waals surface area contributed by atoms with Crippen LogP contribution in [0.5, 0.6) is 11.5 Å². The standard InChI is InChI=1S/C54H67ClF2N6O8S2/c1-37(42-25-20-39(53(66)38-16-7-6-8-17-38)32-47(42)70-31-15-30-62-28-13-14-29-62)63(73(68,69)41-23-21-40(55)22-24-41)46-33-44(57)48(34-43(46)56)71-35-51(65)59-27-12-5-3-2-4-11-26-58-50(64)19-10-9-18-49-52-45(36-72-49)60-54(67)61-52/h6-8,16-17,20-25,32-34,37,45,49,52H,2-5,9-15,18-19,26-31,35-36H2,1H3,(H,58,64)(H,59,65)(H2,60,61,67)/t37?,45-,49-,52-/m0/s1. The van der Waals surface area contributed by atoms with Crippen LogP contribution < -0.4 is 35.0 Å². The highest BCUT2D eigenvalue weighted by molar-refractivity contribution is 8.00. The van der Waals surface area contributed by atoms with Crippen molar-refractivity contribution in [2.24, 2.45) is 0 Å². The van der Waals surface area contributed by atoms with Crippen LogP contribution in [-0.4, -0.2) is 106 Å². The molecule has 3 aliphatic rings. The van der Waals surface area contributed by atoms with Crippen molar-refractivity contribution < 1.29 is 45.9 Å². The van der Waals surface area contributed by atoms with Gasteiger partial charge in [0.1, 0.15) is 5.75 Å². The monoisotopic (exact) mass is 1060 g/mol. The number of nitrogens with one attached hydrogen (secondary N) is 4. The summed E-state index contributed by atoms with van der Waals surface area (Å²) in [6, 6.07) is 19.2. The molecule has 0 bridgehead atoms. The molecule has 3 fully saturated rings. The number of hydrogen-bond donors (Lipinski definition) is 4. The van der Waals surface area contributed by atoms with Gasteiger partial charge in [-0.2, -0.15) is 11.8 Å². The highest BCUT2D eigenvalue weighted by Gasteiger charge is 2.42. The summed E-state index contributed by atoms with van der Waals surface area (Å²) in [7, 11) is -4.64. The Morgan fingerprint density at radius 2 is 1.49 bits per heavy atom. The number of carbonyl (C=O) groups excluding carboxylic acids is 4. The Bertz CT molecular complexity index is 2610. The number of benzene rings is 4. The zero-order chi connectivity index (χ0) is 51.7. The summed E-state index contributed by atoms with van der Waals surface area (Å²) in [6.07, 6.45) is 11.5. The van der Waals surface area contributed by atoms with E-state index in [0.717, 1.165) is 106 Å². The highest BCUT2D eigenvalue weighted by Crippen LogP contribution is 2.41. The molecule has 0 aliphatic carbocycles. The van der Waals surface area contributed by atoms with Gasteiger partial charge in [-0.3, -0.25) is 18.7 Å². The third kappa shape index (κ3) is 15.6. The van der Waals surface area contributed by atoms with Crippen LogP contribution >= 0.6 is 23.4 Å². The van der Waals surface area contributed by atoms with Crippen molar-refractivity contribution in [1.29, 1.82) is 0 Å². The molecule has 1 unspecified atom stereocenters. The van der Waals surface area contributed by atoms with Crippen LogP contribution in [0.25, 0.3) is 0 Å². The summed E-state index contributed by atoms with van der Waals surface area (Å²) in [5, 5.41) is 12.4. The average Bonchev–Trinajstić information content (AvgIpc) is 4.14. The van der Waals surface area contributed by atoms with E-state index in [-0.39, 0.29) is 52.1 Å². The minimum absolute atomic E-state index is 0.0613. The molecule has 3 saturated heterocycles. The fraction of sp³-hybridized carbons (Fsp3) is 0.481. The van der Waals surface area contributed by atoms with E-state index >= 15 is 8.78 Å². The van der Waals surface area contributed by atoms with Gasteiger partial charge in [-0.15, -0.1) is 0 Å². The summed E-state index contributed by atoms with van der Waals surface area (Å²) in [6.45, 7) is 4.97. The van der Waals surface area contributed by atoms with Crippen LogP contribution in [0.2, 0.25) is 5.02 Å². The van der Waals surface area contributed by atoms with Gasteiger partial charge in [0.15, 0.2) is 29.8 Å². The first-order valence-corrected chi connectivity index (χ1v) is 28.4. The molecule has 19 heteroatoms. The Balaban J connectivity index is 0.896. The second-order valence-corrected chi connectivity index (χ2v) is 22.4. The van der Waals surface area contributed by atoms with Crippen LogP contribution in [0.1, 0.15) is 118 Å². The van der Waals surface area contributed by atoms with E-state index in [1.54, 1.807) is 48.5 Å². The van der Waals surface area contributed by atoms with Crippen LogP contribution in [0, 0.1) is 11.6 Å². The molecular formula is C54H67ClF2N6O8S2. The van der Waals surface area contributed by atoms with E-state index in [2.05, 4.69) is 26.2 Å². The molecular weight excluding hydrogens is 998 g/mol. The first-order valence-electron chi connectivity index (χ1n) is 25.5. The molecule has 3 heterocycles. The number of fused-ring (bicyclic) bond motifs is 1. The lowest BCUT2D eigenvalue weighted by Gasteiger charge is -2.32. The van der Waals surface area contributed by atoms with Gasteiger partial charge in [0.25, 0.3) is 15.9 Å². The number of rotatable bonds is 29. The smallest absolute Gasteiger partial charge is 0.315 e. The molecule has 73 heavy (non-hydrogen) atoms. The summed E-state index contributed by atoms with van der Waals surface area (Å²) in [5.74, 6) is -2.40. The summed E-state index contributed by atoms with van der Waals surface area (Å²) >= 11 is 8.01. The van der Waals surface area contributed by atoms with Gasteiger partial charge in [0.2, 0.25) is 5.91 Å². The van der Waals surface area contributed by atoms with Crippen molar-refractivity contribution in [3.05, 3.63) is 118 Å². The van der Waals surface area contributed by atoms with Crippen molar-refractivity contribution in [2.45, 2.75) is 119 Å². The van der Waals surface area contributed by atoms with Gasteiger partial charge in [-0.05, 0) is 95.3 Å². The largest absolute Gasteiger partial charge is 0.493 e. The Morgan fingerprint density at radius 1 is 0.795 bits per heavy atom. The van der Waals surface area contributed by atoms with Gasteiger partial charge in [-0.25, -0.2) is 22.0 Å². The van der Waals surface area contributed by atoms with Gasteiger partial charge in [0, 0.05) is 70.9 Å². The SMILES string of the molecule is CC(c1ccc(C(=O)c2ccccc2)cc1OCCCN1CCCC1)N(c1cc(F)c(OCC(=O)NCCCCCCCCNC(=O)CCCC[C@@H]2SC[C@@H]3NC(=O)N[C@@H]32)cc1F)S(=O)(=O)c1ccc(Cl)cc1. The molecule has 0 spiro atoms. The number of carbonyl (C=O) groups is 4. The van der Waals surface area contributed by atoms with Crippen molar-refractivity contribution in [2.75, 3.05) is 56.0 Å². The fourth-order valence-corrected chi connectivity index (χ4v) is 12.8. The summed E-state index contributed by atoms with van der Waals surface area (Å²) in [5.41, 5.74) is 0.429. The quantitative estimate of drug-likeness (QED) is 0.0233. The number of anilines is 1. The minimum atomic E-state index is -4.64. The summed E-state index contributed by atoms with van der Waals surface area (Å²) < 4.78 is 74.3. The van der Waals surface area contributed by atoms with Gasteiger partial charge in [-0.1, -0.05) is 86.2 Å². The summed E-state index contributed by atoms with van der Waals surface area (Å²) in [4.78, 5) is 52.3. The minimum Gasteiger partial charge on any atom is -0.493 e. The lowest BCUT2D eigenvalue weighted by atomic mass is 9.99. The third-order valence-electron chi connectivity index (χ3n) is 13.5. The van der Waals surface area contributed by atoms with Crippen molar-refractivity contribution in [1.82, 2.24) is 26.2 Å². The first-order chi connectivity index (χ1) is 35.3. The van der Waals surface area contributed by atoms with E-state index < -0.39 is 51.7 Å². The lowest BCUT2D eigenvalue weighted by molar-refractivity contribution is -0.123. The molecule has 14 nitrogen and oxygen atoms in total. The number of sulfonamides is 1. The normalized spacial score (nSPS) is 17.9. The van der Waals surface area contributed by atoms with Crippen molar-refractivity contribution in [3.8, 4) is 11.5 Å². The average molecular weight is 1070 g/mol. The fourth-order valence-electron chi connectivity index (χ4n) is 9.54. The highest BCUT2D eigenvalue weighted by atomic mass is 35.5. The van der Waals surface area contributed by atoms with Gasteiger partial charge < -0.3 is 35.6 Å². The maximum absolute atomic E-state index is 16.5. The maximum atomic E-state index is 16.5. The van der Waals surface area contributed by atoms with Crippen LogP contribution in [-0.2, 0) is 19.6 Å². The molecule has 4 atom stereocenters. The second-order valence-electron chi connectivity index (χ2n) is 18.8. The number of nitrogens with zero attached hydrogens (tertiary/aromatic N) is 2. The van der Waals surface area contributed by atoms with Crippen molar-refractivity contribution in [3.63, 3.8) is 0 Å².